The molecule has 188 valence electrons. The first kappa shape index (κ1) is 24.8. The molecule has 2 fully saturated rings. The second-order valence-electron chi connectivity index (χ2n) is 9.07. The Morgan fingerprint density at radius 3 is 2.39 bits per heavy atom. The van der Waals surface area contributed by atoms with Crippen LogP contribution in [0.3, 0.4) is 0 Å². The maximum atomic E-state index is 14.0. The molecule has 11 heteroatoms. The van der Waals surface area contributed by atoms with Crippen molar-refractivity contribution in [2.24, 2.45) is 5.10 Å². The third-order valence-electron chi connectivity index (χ3n) is 6.54. The van der Waals surface area contributed by atoms with Crippen LogP contribution in [-0.4, -0.2) is 49.3 Å². The van der Waals surface area contributed by atoms with E-state index in [0.29, 0.717) is 19.6 Å². The Kier molecular flexibility index (Phi) is 6.57. The number of amidine groups is 1. The van der Waals surface area contributed by atoms with Gasteiger partial charge in [-0.2, -0.15) is 13.2 Å². The fourth-order valence-corrected chi connectivity index (χ4v) is 5.93. The van der Waals surface area contributed by atoms with Crippen LogP contribution in [0.2, 0.25) is 10.0 Å². The van der Waals surface area contributed by atoms with Crippen LogP contribution in [-0.2, 0) is 10.0 Å². The SMILES string of the molecule is Cc1ccc(S(=O)(=O)N/N=C(/c2c(Cl)cc(F)cc2Cl)N2CCN(c3ccccn3)CC23CC3)cc1. The fourth-order valence-electron chi connectivity index (χ4n) is 4.50. The van der Waals surface area contributed by atoms with Crippen LogP contribution >= 0.6 is 23.2 Å². The zero-order valence-corrected chi connectivity index (χ0v) is 21.8. The number of halogens is 3. The molecule has 2 aliphatic rings. The summed E-state index contributed by atoms with van der Waals surface area (Å²) in [6.45, 7) is 3.69. The summed E-state index contributed by atoms with van der Waals surface area (Å²) in [5, 5.41) is 4.46. The van der Waals surface area contributed by atoms with Crippen LogP contribution in [0.15, 0.2) is 70.8 Å². The van der Waals surface area contributed by atoms with E-state index in [0.717, 1.165) is 36.4 Å². The number of hydrazone groups is 1. The molecule has 36 heavy (non-hydrogen) atoms. The predicted octanol–water partition coefficient (Wildman–Crippen LogP) is 4.83. The van der Waals surface area contributed by atoms with Crippen molar-refractivity contribution in [1.29, 1.82) is 0 Å². The lowest BCUT2D eigenvalue weighted by molar-refractivity contribution is 0.259. The van der Waals surface area contributed by atoms with Gasteiger partial charge in [0.2, 0.25) is 0 Å². The van der Waals surface area contributed by atoms with Crippen molar-refractivity contribution in [3.05, 3.63) is 87.8 Å². The summed E-state index contributed by atoms with van der Waals surface area (Å²) in [6.07, 6.45) is 3.50. The zero-order chi connectivity index (χ0) is 25.5. The van der Waals surface area contributed by atoms with Crippen molar-refractivity contribution in [3.63, 3.8) is 0 Å². The molecular weight excluding hydrogens is 524 g/mol. The average molecular weight is 548 g/mol. The summed E-state index contributed by atoms with van der Waals surface area (Å²) in [6, 6.07) is 14.5. The highest BCUT2D eigenvalue weighted by Gasteiger charge is 2.53. The van der Waals surface area contributed by atoms with E-state index in [4.69, 9.17) is 23.2 Å². The Morgan fingerprint density at radius 2 is 1.78 bits per heavy atom. The van der Waals surface area contributed by atoms with Gasteiger partial charge < -0.3 is 9.80 Å². The van der Waals surface area contributed by atoms with Crippen LogP contribution in [0.5, 0.6) is 0 Å². The number of aryl methyl sites for hydroxylation is 1. The lowest BCUT2D eigenvalue weighted by Crippen LogP contribution is -2.58. The number of hydrogen-bond acceptors (Lipinski definition) is 5. The molecule has 1 aromatic heterocycles. The summed E-state index contributed by atoms with van der Waals surface area (Å²) in [7, 11) is -3.97. The van der Waals surface area contributed by atoms with Gasteiger partial charge >= 0.3 is 0 Å². The van der Waals surface area contributed by atoms with E-state index in [1.165, 1.54) is 12.1 Å². The molecule has 0 radical (unpaired) electrons. The number of piperazine rings is 1. The van der Waals surface area contributed by atoms with Crippen molar-refractivity contribution in [2.75, 3.05) is 24.5 Å². The molecule has 1 saturated carbocycles. The number of pyridine rings is 1. The number of rotatable bonds is 5. The molecule has 0 bridgehead atoms. The molecule has 2 heterocycles. The minimum Gasteiger partial charge on any atom is -0.352 e. The standard InChI is InChI=1S/C25H24Cl2FN5O2S/c1-17-5-7-19(8-6-17)36(34,35)31-30-24(23-20(26)14-18(28)15-21(23)27)33-13-12-32(16-25(33)9-10-25)22-4-2-3-11-29-22/h2-8,11,14-15,31H,9-10,12-13,16H2,1H3/b30-24-. The molecule has 1 saturated heterocycles. The third kappa shape index (κ3) is 4.87. The normalized spacial score (nSPS) is 17.4. The van der Waals surface area contributed by atoms with Gasteiger partial charge in [-0.05, 0) is 56.2 Å². The largest absolute Gasteiger partial charge is 0.352 e. The maximum Gasteiger partial charge on any atom is 0.276 e. The van der Waals surface area contributed by atoms with E-state index >= 15 is 0 Å². The maximum absolute atomic E-state index is 14.0. The fraction of sp³-hybridized carbons (Fsp3) is 0.280. The van der Waals surface area contributed by atoms with E-state index in [1.54, 1.807) is 18.3 Å². The molecule has 0 atom stereocenters. The smallest absolute Gasteiger partial charge is 0.276 e. The van der Waals surface area contributed by atoms with Gasteiger partial charge in [-0.25, -0.2) is 9.37 Å². The highest BCUT2D eigenvalue weighted by molar-refractivity contribution is 7.89. The Balaban J connectivity index is 1.53. The lowest BCUT2D eigenvalue weighted by Gasteiger charge is -2.44. The third-order valence-corrected chi connectivity index (χ3v) is 8.36. The molecule has 7 nitrogen and oxygen atoms in total. The second kappa shape index (κ2) is 9.53. The molecule has 0 unspecified atom stereocenters. The molecule has 3 aromatic rings. The minimum atomic E-state index is -3.97. The summed E-state index contributed by atoms with van der Waals surface area (Å²) in [5.41, 5.74) is 0.915. The lowest BCUT2D eigenvalue weighted by atomic mass is 10.1. The van der Waals surface area contributed by atoms with Gasteiger partial charge in [0.15, 0.2) is 5.84 Å². The summed E-state index contributed by atoms with van der Waals surface area (Å²) in [4.78, 5) is 11.1. The molecule has 2 aromatic carbocycles. The molecular formula is C25H24Cl2FN5O2S. The van der Waals surface area contributed by atoms with E-state index in [2.05, 4.69) is 19.8 Å². The number of hydrogen-bond donors (Lipinski definition) is 1. The van der Waals surface area contributed by atoms with Crippen LogP contribution < -0.4 is 9.73 Å². The first-order chi connectivity index (χ1) is 17.2. The molecule has 1 aliphatic heterocycles. The van der Waals surface area contributed by atoms with Crippen LogP contribution in [0, 0.1) is 12.7 Å². The number of nitrogens with one attached hydrogen (secondary N) is 1. The molecule has 5 rings (SSSR count). The topological polar surface area (TPSA) is 77.9 Å². The summed E-state index contributed by atoms with van der Waals surface area (Å²) >= 11 is 12.9. The van der Waals surface area contributed by atoms with Crippen LogP contribution in [0.25, 0.3) is 0 Å². The number of anilines is 1. The van der Waals surface area contributed by atoms with Crippen LogP contribution in [0.1, 0.15) is 24.0 Å². The predicted molar refractivity (Wildman–Crippen MR) is 140 cm³/mol. The Labute approximate surface area is 219 Å². The summed E-state index contributed by atoms with van der Waals surface area (Å²) in [5.74, 6) is 0.549. The highest BCUT2D eigenvalue weighted by atomic mass is 35.5. The van der Waals surface area contributed by atoms with Gasteiger partial charge in [-0.1, -0.05) is 47.0 Å². The van der Waals surface area contributed by atoms with E-state index in [1.807, 2.05) is 30.0 Å². The van der Waals surface area contributed by atoms with Crippen LogP contribution in [0.4, 0.5) is 10.2 Å². The van der Waals surface area contributed by atoms with Gasteiger partial charge in [-0.3, -0.25) is 0 Å². The number of aromatic nitrogens is 1. The molecule has 1 spiro atoms. The number of nitrogens with zero attached hydrogens (tertiary/aromatic N) is 4. The first-order valence-electron chi connectivity index (χ1n) is 11.4. The number of benzene rings is 2. The Morgan fingerprint density at radius 1 is 1.08 bits per heavy atom. The van der Waals surface area contributed by atoms with Crippen molar-refractivity contribution < 1.29 is 12.8 Å². The second-order valence-corrected chi connectivity index (χ2v) is 11.5. The monoisotopic (exact) mass is 547 g/mol. The highest BCUT2D eigenvalue weighted by Crippen LogP contribution is 2.46. The van der Waals surface area contributed by atoms with E-state index in [-0.39, 0.29) is 31.9 Å². The Bertz CT molecular complexity index is 1390. The minimum absolute atomic E-state index is 0.0521. The van der Waals surface area contributed by atoms with E-state index in [9.17, 15) is 12.8 Å². The van der Waals surface area contributed by atoms with Gasteiger partial charge in [0.25, 0.3) is 10.0 Å². The van der Waals surface area contributed by atoms with Gasteiger partial charge in [0, 0.05) is 25.8 Å². The summed E-state index contributed by atoms with van der Waals surface area (Å²) < 4.78 is 40.0. The number of sulfonamides is 1. The zero-order valence-electron chi connectivity index (χ0n) is 19.5. The van der Waals surface area contributed by atoms with Crippen molar-refractivity contribution >= 4 is 44.9 Å². The van der Waals surface area contributed by atoms with Crippen molar-refractivity contribution in [1.82, 2.24) is 14.7 Å². The van der Waals surface area contributed by atoms with Crippen molar-refractivity contribution in [3.8, 4) is 0 Å². The van der Waals surface area contributed by atoms with Gasteiger partial charge in [-0.15, -0.1) is 5.10 Å². The quantitative estimate of drug-likeness (QED) is 0.281. The van der Waals surface area contributed by atoms with E-state index < -0.39 is 15.8 Å². The van der Waals surface area contributed by atoms with Gasteiger partial charge in [0.05, 0.1) is 26.0 Å². The van der Waals surface area contributed by atoms with Crippen molar-refractivity contribution in [2.45, 2.75) is 30.2 Å². The first-order valence-corrected chi connectivity index (χ1v) is 13.7. The average Bonchev–Trinajstić information content (AvgIpc) is 3.61. The molecule has 1 N–H and O–H groups in total. The molecule has 1 aliphatic carbocycles. The van der Waals surface area contributed by atoms with Gasteiger partial charge in [0.1, 0.15) is 11.6 Å². The molecule has 0 amide bonds. The Hall–Kier alpha value is -2.88.